The fraction of sp³-hybridized carbons (Fsp3) is 0.467. The van der Waals surface area contributed by atoms with Crippen LogP contribution in [0.15, 0.2) is 24.3 Å². The summed E-state index contributed by atoms with van der Waals surface area (Å²) in [5.41, 5.74) is 6.92. The summed E-state index contributed by atoms with van der Waals surface area (Å²) in [6.07, 6.45) is 6.13. The lowest BCUT2D eigenvalue weighted by Crippen LogP contribution is -2.28. The van der Waals surface area contributed by atoms with Gasteiger partial charge in [-0.2, -0.15) is 0 Å². The van der Waals surface area contributed by atoms with Crippen molar-refractivity contribution in [3.63, 3.8) is 0 Å². The van der Waals surface area contributed by atoms with Crippen LogP contribution in [-0.4, -0.2) is 19.2 Å². The lowest BCUT2D eigenvalue weighted by Gasteiger charge is -2.17. The number of hydrogen-bond donors (Lipinski definition) is 2. The van der Waals surface area contributed by atoms with E-state index in [0.717, 1.165) is 17.9 Å². The average Bonchev–Trinajstić information content (AvgIpc) is 2.35. The Hall–Kier alpha value is -1.50. The van der Waals surface area contributed by atoms with Crippen molar-refractivity contribution in [3.05, 3.63) is 29.8 Å². The fourth-order valence-corrected chi connectivity index (χ4v) is 1.71. The molecule has 1 unspecified atom stereocenters. The monoisotopic (exact) mass is 246 g/mol. The number of nitrogens with one attached hydrogen (secondary N) is 1. The molecular weight excluding hydrogens is 224 g/mol. The molecule has 1 aromatic carbocycles. The van der Waals surface area contributed by atoms with Crippen LogP contribution in [0.1, 0.15) is 31.9 Å². The fourth-order valence-electron chi connectivity index (χ4n) is 1.71. The highest BCUT2D eigenvalue weighted by atomic mass is 16.5. The third-order valence-corrected chi connectivity index (χ3v) is 2.55. The highest BCUT2D eigenvalue weighted by Crippen LogP contribution is 2.18. The maximum atomic E-state index is 5.76. The van der Waals surface area contributed by atoms with Crippen LogP contribution < -0.4 is 15.8 Å². The van der Waals surface area contributed by atoms with Crippen LogP contribution in [0.4, 0.5) is 0 Å². The van der Waals surface area contributed by atoms with E-state index < -0.39 is 0 Å². The summed E-state index contributed by atoms with van der Waals surface area (Å²) in [5, 5.41) is 3.34. The molecule has 1 aromatic rings. The normalized spacial score (nSPS) is 12.2. The van der Waals surface area contributed by atoms with Gasteiger partial charge in [-0.25, -0.2) is 0 Å². The molecule has 0 amide bonds. The lowest BCUT2D eigenvalue weighted by molar-refractivity contribution is 0.242. The van der Waals surface area contributed by atoms with Crippen molar-refractivity contribution in [2.75, 3.05) is 13.1 Å². The van der Waals surface area contributed by atoms with E-state index in [1.54, 1.807) is 0 Å². The predicted molar refractivity (Wildman–Crippen MR) is 75.5 cm³/mol. The minimum absolute atomic E-state index is 0.145. The largest absolute Gasteiger partial charge is 0.491 e. The Bertz CT molecular complexity index is 378. The molecule has 0 aliphatic rings. The Labute approximate surface area is 110 Å². The molecule has 0 spiro atoms. The van der Waals surface area contributed by atoms with Crippen molar-refractivity contribution in [3.8, 4) is 18.1 Å². The quantitative estimate of drug-likeness (QED) is 0.572. The van der Waals surface area contributed by atoms with Crippen LogP contribution in [0, 0.1) is 12.3 Å². The first-order valence-corrected chi connectivity index (χ1v) is 6.31. The molecule has 98 valence electrons. The van der Waals surface area contributed by atoms with Crippen LogP contribution in [0.2, 0.25) is 0 Å². The number of rotatable bonds is 7. The zero-order chi connectivity index (χ0) is 13.4. The smallest absolute Gasteiger partial charge is 0.119 e. The summed E-state index contributed by atoms with van der Waals surface area (Å²) in [6.45, 7) is 5.35. The summed E-state index contributed by atoms with van der Waals surface area (Å²) in [4.78, 5) is 0. The maximum Gasteiger partial charge on any atom is 0.119 e. The molecule has 3 nitrogen and oxygen atoms in total. The van der Waals surface area contributed by atoms with Crippen molar-refractivity contribution in [1.82, 2.24) is 5.32 Å². The van der Waals surface area contributed by atoms with Crippen LogP contribution in [0.3, 0.4) is 0 Å². The molecule has 0 aliphatic carbocycles. The number of nitrogens with two attached hydrogens (primary N) is 1. The minimum Gasteiger partial charge on any atom is -0.491 e. The molecule has 3 heteroatoms. The number of terminal acetylenes is 1. The van der Waals surface area contributed by atoms with E-state index in [2.05, 4.69) is 11.2 Å². The van der Waals surface area contributed by atoms with E-state index in [1.165, 1.54) is 0 Å². The van der Waals surface area contributed by atoms with Gasteiger partial charge in [0.1, 0.15) is 5.75 Å². The van der Waals surface area contributed by atoms with Gasteiger partial charge in [-0.3, -0.25) is 0 Å². The van der Waals surface area contributed by atoms with Crippen molar-refractivity contribution in [2.45, 2.75) is 32.4 Å². The van der Waals surface area contributed by atoms with E-state index in [0.29, 0.717) is 13.0 Å². The molecule has 0 aliphatic heterocycles. The number of ether oxygens (including phenoxy) is 1. The third kappa shape index (κ3) is 4.79. The lowest BCUT2D eigenvalue weighted by atomic mass is 10.1. The zero-order valence-electron chi connectivity index (χ0n) is 11.1. The standard InChI is InChI=1S/C15H22N2O/c1-4-5-10-17-15(11-16)13-6-8-14(9-7-13)18-12(2)3/h1,6-9,12,15,17H,5,10-11,16H2,2-3H3. The van der Waals surface area contributed by atoms with Crippen LogP contribution in [0.5, 0.6) is 5.75 Å². The van der Waals surface area contributed by atoms with Gasteiger partial charge in [0.2, 0.25) is 0 Å². The summed E-state index contributed by atoms with van der Waals surface area (Å²) < 4.78 is 5.60. The van der Waals surface area contributed by atoms with Crippen LogP contribution >= 0.6 is 0 Å². The van der Waals surface area contributed by atoms with Crippen molar-refractivity contribution in [1.29, 1.82) is 0 Å². The van der Waals surface area contributed by atoms with Gasteiger partial charge in [0.05, 0.1) is 6.10 Å². The van der Waals surface area contributed by atoms with Crippen LogP contribution in [-0.2, 0) is 0 Å². The number of benzene rings is 1. The molecule has 0 radical (unpaired) electrons. The molecule has 0 fully saturated rings. The van der Waals surface area contributed by atoms with E-state index in [-0.39, 0.29) is 12.1 Å². The third-order valence-electron chi connectivity index (χ3n) is 2.55. The Kier molecular flexibility index (Phi) is 6.27. The first kappa shape index (κ1) is 14.6. The van der Waals surface area contributed by atoms with Gasteiger partial charge < -0.3 is 15.8 Å². The van der Waals surface area contributed by atoms with Crippen molar-refractivity contribution < 1.29 is 4.74 Å². The Morgan fingerprint density at radius 3 is 2.50 bits per heavy atom. The second-order valence-corrected chi connectivity index (χ2v) is 4.43. The van der Waals surface area contributed by atoms with E-state index >= 15 is 0 Å². The second-order valence-electron chi connectivity index (χ2n) is 4.43. The van der Waals surface area contributed by atoms with Gasteiger partial charge in [-0.1, -0.05) is 12.1 Å². The van der Waals surface area contributed by atoms with Gasteiger partial charge >= 0.3 is 0 Å². The summed E-state index contributed by atoms with van der Waals surface area (Å²) in [7, 11) is 0. The average molecular weight is 246 g/mol. The first-order valence-electron chi connectivity index (χ1n) is 6.31. The Balaban J connectivity index is 2.61. The topological polar surface area (TPSA) is 47.3 Å². The van der Waals surface area contributed by atoms with E-state index in [9.17, 15) is 0 Å². The zero-order valence-corrected chi connectivity index (χ0v) is 11.1. The SMILES string of the molecule is C#CCCNC(CN)c1ccc(OC(C)C)cc1. The molecule has 1 atom stereocenters. The molecule has 0 saturated carbocycles. The summed E-state index contributed by atoms with van der Waals surface area (Å²) in [5.74, 6) is 3.49. The minimum atomic E-state index is 0.145. The van der Waals surface area contributed by atoms with Gasteiger partial charge in [-0.05, 0) is 31.5 Å². The van der Waals surface area contributed by atoms with Crippen LogP contribution in [0.25, 0.3) is 0 Å². The molecule has 18 heavy (non-hydrogen) atoms. The molecule has 0 bridgehead atoms. The van der Waals surface area contributed by atoms with Gasteiger partial charge in [-0.15, -0.1) is 12.3 Å². The van der Waals surface area contributed by atoms with Gasteiger partial charge in [0.25, 0.3) is 0 Å². The molecule has 0 heterocycles. The number of hydrogen-bond acceptors (Lipinski definition) is 3. The van der Waals surface area contributed by atoms with Gasteiger partial charge in [0, 0.05) is 25.6 Å². The highest BCUT2D eigenvalue weighted by Gasteiger charge is 2.08. The van der Waals surface area contributed by atoms with Crippen molar-refractivity contribution >= 4 is 0 Å². The summed E-state index contributed by atoms with van der Waals surface area (Å²) in [6, 6.07) is 8.17. The van der Waals surface area contributed by atoms with Crippen molar-refractivity contribution in [2.24, 2.45) is 5.73 Å². The predicted octanol–water partition coefficient (Wildman–Crippen LogP) is 2.09. The van der Waals surface area contributed by atoms with E-state index in [1.807, 2.05) is 38.1 Å². The molecule has 0 saturated heterocycles. The second kappa shape index (κ2) is 7.75. The van der Waals surface area contributed by atoms with E-state index in [4.69, 9.17) is 16.9 Å². The van der Waals surface area contributed by atoms with Gasteiger partial charge in [0.15, 0.2) is 0 Å². The molecular formula is C15H22N2O. The molecule has 1 rings (SSSR count). The summed E-state index contributed by atoms with van der Waals surface area (Å²) >= 11 is 0. The Morgan fingerprint density at radius 2 is 2.00 bits per heavy atom. The molecule has 0 aromatic heterocycles. The highest BCUT2D eigenvalue weighted by molar-refractivity contribution is 5.29. The maximum absolute atomic E-state index is 5.76. The molecule has 3 N–H and O–H groups in total. The Morgan fingerprint density at radius 1 is 1.33 bits per heavy atom. The first-order chi connectivity index (χ1) is 8.67.